The van der Waals surface area contributed by atoms with E-state index in [9.17, 15) is 0 Å². The summed E-state index contributed by atoms with van der Waals surface area (Å²) in [6.07, 6.45) is 6.16. The van der Waals surface area contributed by atoms with Gasteiger partial charge in [-0.2, -0.15) is 0 Å². The van der Waals surface area contributed by atoms with Gasteiger partial charge in [0, 0.05) is 6.20 Å². The van der Waals surface area contributed by atoms with Gasteiger partial charge in [-0.3, -0.25) is 0 Å². The van der Waals surface area contributed by atoms with Crippen molar-refractivity contribution in [3.63, 3.8) is 0 Å². The van der Waals surface area contributed by atoms with E-state index >= 15 is 0 Å². The minimum Gasteiger partial charge on any atom is -0.403 e. The number of hydrogen-bond acceptors (Lipinski definition) is 2. The Bertz CT molecular complexity index is 298. The quantitative estimate of drug-likeness (QED) is 0.633. The molecule has 12 heavy (non-hydrogen) atoms. The molecule has 0 amide bonds. The Balaban J connectivity index is 0.000000561. The lowest BCUT2D eigenvalue weighted by atomic mass is 10.4. The lowest BCUT2D eigenvalue weighted by Crippen LogP contribution is -2.25. The summed E-state index contributed by atoms with van der Waals surface area (Å²) in [5.41, 5.74) is 5.31. The highest BCUT2D eigenvalue weighted by atomic mass is 14.9. The summed E-state index contributed by atoms with van der Waals surface area (Å²) in [5, 5.41) is 1.83. The van der Waals surface area contributed by atoms with Crippen LogP contribution in [0.4, 0.5) is 0 Å². The van der Waals surface area contributed by atoms with Gasteiger partial charge in [-0.15, -0.1) is 0 Å². The van der Waals surface area contributed by atoms with Gasteiger partial charge in [0.05, 0.1) is 17.0 Å². The fraction of sp³-hybridized carbons (Fsp3) is 0.444. The highest BCUT2D eigenvalue weighted by Gasteiger charge is 1.82. The molecule has 0 saturated carbocycles. The molecule has 1 aromatic rings. The summed E-state index contributed by atoms with van der Waals surface area (Å²) in [7, 11) is 0. The first-order valence-corrected chi connectivity index (χ1v) is 4.30. The van der Waals surface area contributed by atoms with Gasteiger partial charge in [0.25, 0.3) is 0 Å². The molecule has 0 spiro atoms. The first-order chi connectivity index (χ1) is 5.88. The largest absolute Gasteiger partial charge is 0.403 e. The van der Waals surface area contributed by atoms with Crippen LogP contribution in [0.15, 0.2) is 6.33 Å². The molecule has 0 aromatic carbocycles. The maximum absolute atomic E-state index is 5.31. The molecule has 0 aliphatic rings. The number of rotatable bonds is 1. The summed E-state index contributed by atoms with van der Waals surface area (Å²) >= 11 is 0. The van der Waals surface area contributed by atoms with Crippen LogP contribution in [0.25, 0.3) is 12.3 Å². The van der Waals surface area contributed by atoms with Crippen LogP contribution in [0, 0.1) is 0 Å². The Morgan fingerprint density at radius 3 is 2.75 bits per heavy atom. The van der Waals surface area contributed by atoms with Crippen molar-refractivity contribution < 1.29 is 0 Å². The maximum atomic E-state index is 5.31. The first kappa shape index (κ1) is 10.8. The Kier molecular flexibility index (Phi) is 5.79. The van der Waals surface area contributed by atoms with Crippen molar-refractivity contribution in [2.75, 3.05) is 0 Å². The molecule has 0 fully saturated rings. The second-order valence-corrected chi connectivity index (χ2v) is 1.98. The Morgan fingerprint density at radius 1 is 1.58 bits per heavy atom. The lowest BCUT2D eigenvalue weighted by Gasteiger charge is -1.75. The number of nitrogens with one attached hydrogen (secondary N) is 1. The van der Waals surface area contributed by atoms with Crippen LogP contribution in [0.3, 0.4) is 0 Å². The van der Waals surface area contributed by atoms with Gasteiger partial charge < -0.3 is 10.7 Å². The molecular weight excluding hydrogens is 150 g/mol. The van der Waals surface area contributed by atoms with Gasteiger partial charge in [0.15, 0.2) is 0 Å². The molecular formula is C9H17N3. The molecule has 0 saturated heterocycles. The number of aromatic nitrogens is 2. The van der Waals surface area contributed by atoms with Crippen LogP contribution in [-0.2, 0) is 0 Å². The summed E-state index contributed by atoms with van der Waals surface area (Å²) in [6.45, 7) is 6.06. The van der Waals surface area contributed by atoms with E-state index in [0.29, 0.717) is 0 Å². The Hall–Kier alpha value is -1.25. The van der Waals surface area contributed by atoms with E-state index in [1.807, 2.05) is 19.9 Å². The molecule has 0 aliphatic heterocycles. The number of imidazole rings is 1. The van der Waals surface area contributed by atoms with Crippen molar-refractivity contribution in [1.29, 1.82) is 0 Å². The van der Waals surface area contributed by atoms with E-state index < -0.39 is 0 Å². The summed E-state index contributed by atoms with van der Waals surface area (Å²) < 4.78 is 0. The number of aromatic amines is 1. The van der Waals surface area contributed by atoms with Crippen molar-refractivity contribution in [1.82, 2.24) is 9.97 Å². The van der Waals surface area contributed by atoms with Gasteiger partial charge in [0.2, 0.25) is 0 Å². The molecule has 1 heterocycles. The highest BCUT2D eigenvalue weighted by molar-refractivity contribution is 5.22. The van der Waals surface area contributed by atoms with Crippen LogP contribution < -0.4 is 16.4 Å². The van der Waals surface area contributed by atoms with Crippen LogP contribution in [0.1, 0.15) is 27.2 Å². The van der Waals surface area contributed by atoms with E-state index in [4.69, 9.17) is 5.73 Å². The van der Waals surface area contributed by atoms with Gasteiger partial charge in [-0.25, -0.2) is 4.98 Å². The third-order valence-electron chi connectivity index (χ3n) is 1.26. The predicted molar refractivity (Wildman–Crippen MR) is 52.6 cm³/mol. The maximum Gasteiger partial charge on any atom is 0.0932 e. The van der Waals surface area contributed by atoms with Crippen molar-refractivity contribution in [3.05, 3.63) is 17.0 Å². The summed E-state index contributed by atoms with van der Waals surface area (Å²) in [5.74, 6) is 0. The molecule has 68 valence electrons. The molecule has 0 bridgehead atoms. The second kappa shape index (κ2) is 6.46. The molecule has 0 aliphatic carbocycles. The van der Waals surface area contributed by atoms with E-state index in [1.54, 1.807) is 6.33 Å². The van der Waals surface area contributed by atoms with Crippen molar-refractivity contribution >= 4 is 12.3 Å². The fourth-order valence-electron chi connectivity index (χ4n) is 0.804. The number of nitrogens with zero attached hydrogens (tertiary/aromatic N) is 1. The molecule has 0 atom stereocenters. The third-order valence-corrected chi connectivity index (χ3v) is 1.26. The molecule has 3 nitrogen and oxygen atoms in total. The monoisotopic (exact) mass is 167 g/mol. The zero-order valence-corrected chi connectivity index (χ0v) is 7.96. The molecule has 1 rings (SSSR count). The van der Waals surface area contributed by atoms with Gasteiger partial charge in [-0.05, 0) is 6.42 Å². The van der Waals surface area contributed by atoms with Gasteiger partial charge >= 0.3 is 0 Å². The Labute approximate surface area is 73.0 Å². The van der Waals surface area contributed by atoms with E-state index in [-0.39, 0.29) is 0 Å². The van der Waals surface area contributed by atoms with Gasteiger partial charge in [0.1, 0.15) is 0 Å². The van der Waals surface area contributed by atoms with Gasteiger partial charge in [-0.1, -0.05) is 26.8 Å². The van der Waals surface area contributed by atoms with E-state index in [2.05, 4.69) is 16.9 Å². The summed E-state index contributed by atoms with van der Waals surface area (Å²) in [6, 6.07) is 0. The molecule has 0 radical (unpaired) electrons. The normalized spacial score (nSPS) is 12.6. The topological polar surface area (TPSA) is 54.7 Å². The average molecular weight is 167 g/mol. The van der Waals surface area contributed by atoms with Crippen LogP contribution in [0.2, 0.25) is 0 Å². The number of hydrogen-bond donors (Lipinski definition) is 2. The standard InChI is InChI=1S/C7H11N3.C2H6/c1-2-3-6-7(4-8)10-5-9-6;1-2/h3-5H,2,8H2,1H3,(H,9,10);1-2H3/b6-3+,7-4+;. The predicted octanol–water partition coefficient (Wildman–Crippen LogP) is 0.323. The van der Waals surface area contributed by atoms with Crippen molar-refractivity contribution in [2.24, 2.45) is 5.73 Å². The lowest BCUT2D eigenvalue weighted by molar-refractivity contribution is 1.23. The molecule has 3 N–H and O–H groups in total. The average Bonchev–Trinajstić information content (AvgIpc) is 2.56. The fourth-order valence-corrected chi connectivity index (χ4v) is 0.804. The Morgan fingerprint density at radius 2 is 2.25 bits per heavy atom. The van der Waals surface area contributed by atoms with Crippen LogP contribution >= 0.6 is 0 Å². The number of nitrogens with two attached hydrogens (primary N) is 1. The molecule has 1 aromatic heterocycles. The van der Waals surface area contributed by atoms with Crippen molar-refractivity contribution in [2.45, 2.75) is 27.2 Å². The highest BCUT2D eigenvalue weighted by Crippen LogP contribution is 1.70. The summed E-state index contributed by atoms with van der Waals surface area (Å²) in [4.78, 5) is 6.97. The second-order valence-electron chi connectivity index (χ2n) is 1.98. The number of H-pyrrole nitrogens is 1. The SMILES string of the molecule is CC.CC/C=c1/nc[nH]/c1=C/N. The van der Waals surface area contributed by atoms with E-state index in [1.165, 1.54) is 6.20 Å². The first-order valence-electron chi connectivity index (χ1n) is 4.30. The minimum atomic E-state index is 0.891. The smallest absolute Gasteiger partial charge is 0.0932 e. The zero-order chi connectivity index (χ0) is 9.40. The van der Waals surface area contributed by atoms with Crippen LogP contribution in [-0.4, -0.2) is 9.97 Å². The van der Waals surface area contributed by atoms with Crippen LogP contribution in [0.5, 0.6) is 0 Å². The molecule has 0 unspecified atom stereocenters. The third kappa shape index (κ3) is 2.78. The molecule has 3 heteroatoms. The van der Waals surface area contributed by atoms with E-state index in [0.717, 1.165) is 17.1 Å². The van der Waals surface area contributed by atoms with Crippen molar-refractivity contribution in [3.8, 4) is 0 Å². The minimum absolute atomic E-state index is 0.891. The zero-order valence-electron chi connectivity index (χ0n) is 7.96.